The summed E-state index contributed by atoms with van der Waals surface area (Å²) in [5, 5.41) is 11.3. The predicted molar refractivity (Wildman–Crippen MR) is 71.3 cm³/mol. The molecule has 1 aliphatic heterocycles. The molecule has 0 aromatic carbocycles. The van der Waals surface area contributed by atoms with Crippen LogP contribution in [0.15, 0.2) is 6.20 Å². The standard InChI is InChI=1S/C12H24N6/c1-3-16-4-6-17(7-5-16)8-9-18-11-12(10-13-2)14-15-18/h11,13H,3-10H2,1-2H3. The van der Waals surface area contributed by atoms with E-state index in [1.807, 2.05) is 17.9 Å². The quantitative estimate of drug-likeness (QED) is 0.749. The molecule has 1 aromatic heterocycles. The molecule has 1 N–H and O–H groups in total. The fraction of sp³-hybridized carbons (Fsp3) is 0.833. The maximum absolute atomic E-state index is 4.14. The van der Waals surface area contributed by atoms with Crippen LogP contribution in [0.2, 0.25) is 0 Å². The Balaban J connectivity index is 1.71. The van der Waals surface area contributed by atoms with E-state index in [1.54, 1.807) is 0 Å². The summed E-state index contributed by atoms with van der Waals surface area (Å²) in [6.07, 6.45) is 2.03. The van der Waals surface area contributed by atoms with Gasteiger partial charge in [-0.15, -0.1) is 5.10 Å². The van der Waals surface area contributed by atoms with Crippen molar-refractivity contribution in [3.8, 4) is 0 Å². The van der Waals surface area contributed by atoms with Gasteiger partial charge < -0.3 is 10.2 Å². The molecule has 2 rings (SSSR count). The summed E-state index contributed by atoms with van der Waals surface area (Å²) in [6.45, 7) is 10.9. The third kappa shape index (κ3) is 3.76. The van der Waals surface area contributed by atoms with E-state index in [1.165, 1.54) is 32.7 Å². The van der Waals surface area contributed by atoms with E-state index in [2.05, 4.69) is 32.4 Å². The Morgan fingerprint density at radius 2 is 1.89 bits per heavy atom. The van der Waals surface area contributed by atoms with E-state index in [0.717, 1.165) is 25.3 Å². The number of rotatable bonds is 6. The lowest BCUT2D eigenvalue weighted by atomic mass is 10.3. The summed E-state index contributed by atoms with van der Waals surface area (Å²) in [6, 6.07) is 0. The van der Waals surface area contributed by atoms with Gasteiger partial charge in [-0.2, -0.15) is 0 Å². The zero-order valence-electron chi connectivity index (χ0n) is 11.5. The highest BCUT2D eigenvalue weighted by Gasteiger charge is 2.14. The Morgan fingerprint density at radius 3 is 2.56 bits per heavy atom. The van der Waals surface area contributed by atoms with Crippen molar-refractivity contribution in [2.24, 2.45) is 0 Å². The predicted octanol–water partition coefficient (Wildman–Crippen LogP) is -0.365. The summed E-state index contributed by atoms with van der Waals surface area (Å²) < 4.78 is 1.94. The Morgan fingerprint density at radius 1 is 1.17 bits per heavy atom. The summed E-state index contributed by atoms with van der Waals surface area (Å²) in [7, 11) is 1.92. The number of hydrogen-bond donors (Lipinski definition) is 1. The number of nitrogens with one attached hydrogen (secondary N) is 1. The van der Waals surface area contributed by atoms with Crippen molar-refractivity contribution in [1.29, 1.82) is 0 Å². The van der Waals surface area contributed by atoms with Gasteiger partial charge in [0.2, 0.25) is 0 Å². The molecule has 0 aliphatic carbocycles. The van der Waals surface area contributed by atoms with Gasteiger partial charge in [-0.25, -0.2) is 0 Å². The monoisotopic (exact) mass is 252 g/mol. The Hall–Kier alpha value is -0.980. The summed E-state index contributed by atoms with van der Waals surface area (Å²) in [5.41, 5.74) is 1.01. The van der Waals surface area contributed by atoms with Gasteiger partial charge in [-0.05, 0) is 13.6 Å². The highest BCUT2D eigenvalue weighted by molar-refractivity contribution is 4.91. The van der Waals surface area contributed by atoms with Gasteiger partial charge in [0.25, 0.3) is 0 Å². The average molecular weight is 252 g/mol. The van der Waals surface area contributed by atoms with Crippen LogP contribution in [0.5, 0.6) is 0 Å². The molecule has 0 radical (unpaired) electrons. The van der Waals surface area contributed by atoms with E-state index in [4.69, 9.17) is 0 Å². The number of aromatic nitrogens is 3. The van der Waals surface area contributed by atoms with Crippen LogP contribution in [0.4, 0.5) is 0 Å². The van der Waals surface area contributed by atoms with Crippen molar-refractivity contribution >= 4 is 0 Å². The number of hydrogen-bond acceptors (Lipinski definition) is 5. The van der Waals surface area contributed by atoms with Crippen LogP contribution in [0.1, 0.15) is 12.6 Å². The molecule has 6 heteroatoms. The van der Waals surface area contributed by atoms with E-state index in [-0.39, 0.29) is 0 Å². The van der Waals surface area contributed by atoms with Crippen molar-refractivity contribution in [3.63, 3.8) is 0 Å². The van der Waals surface area contributed by atoms with E-state index in [0.29, 0.717) is 0 Å². The van der Waals surface area contributed by atoms with Crippen LogP contribution >= 0.6 is 0 Å². The molecule has 0 amide bonds. The second-order valence-corrected chi connectivity index (χ2v) is 4.78. The van der Waals surface area contributed by atoms with Crippen LogP contribution in [-0.2, 0) is 13.1 Å². The largest absolute Gasteiger partial charge is 0.314 e. The van der Waals surface area contributed by atoms with Gasteiger partial charge in [0.05, 0.1) is 12.2 Å². The van der Waals surface area contributed by atoms with Gasteiger partial charge in [0.15, 0.2) is 0 Å². The molecule has 0 spiro atoms. The average Bonchev–Trinajstić information content (AvgIpc) is 2.85. The maximum atomic E-state index is 4.14. The molecular formula is C12H24N6. The fourth-order valence-electron chi connectivity index (χ4n) is 2.28. The minimum atomic E-state index is 0.787. The molecule has 0 bridgehead atoms. The molecule has 1 aliphatic rings. The lowest BCUT2D eigenvalue weighted by Gasteiger charge is -2.33. The minimum absolute atomic E-state index is 0.787. The number of nitrogens with zero attached hydrogens (tertiary/aromatic N) is 5. The number of likely N-dealkylation sites (N-methyl/N-ethyl adjacent to an activating group) is 1. The highest BCUT2D eigenvalue weighted by Crippen LogP contribution is 2.01. The summed E-state index contributed by atoms with van der Waals surface area (Å²) in [4.78, 5) is 5.00. The van der Waals surface area contributed by atoms with Gasteiger partial charge in [-0.1, -0.05) is 12.1 Å². The van der Waals surface area contributed by atoms with E-state index in [9.17, 15) is 0 Å². The zero-order valence-corrected chi connectivity index (χ0v) is 11.5. The third-order valence-corrected chi connectivity index (χ3v) is 3.50. The SMILES string of the molecule is CCN1CCN(CCn2cc(CNC)nn2)CC1. The lowest BCUT2D eigenvalue weighted by Crippen LogP contribution is -2.46. The van der Waals surface area contributed by atoms with Gasteiger partial charge in [0, 0.05) is 45.5 Å². The van der Waals surface area contributed by atoms with E-state index < -0.39 is 0 Å². The lowest BCUT2D eigenvalue weighted by molar-refractivity contribution is 0.132. The van der Waals surface area contributed by atoms with Gasteiger partial charge >= 0.3 is 0 Å². The molecule has 0 unspecified atom stereocenters. The normalized spacial score (nSPS) is 18.3. The Labute approximate surface area is 109 Å². The topological polar surface area (TPSA) is 49.2 Å². The summed E-state index contributed by atoms with van der Waals surface area (Å²) in [5.74, 6) is 0. The molecule has 18 heavy (non-hydrogen) atoms. The smallest absolute Gasteiger partial charge is 0.0964 e. The first-order valence-electron chi connectivity index (χ1n) is 6.80. The molecule has 1 fully saturated rings. The highest BCUT2D eigenvalue weighted by atomic mass is 15.4. The first-order valence-corrected chi connectivity index (χ1v) is 6.80. The first-order chi connectivity index (χ1) is 8.81. The van der Waals surface area contributed by atoms with Crippen molar-refractivity contribution in [3.05, 3.63) is 11.9 Å². The van der Waals surface area contributed by atoms with Crippen molar-refractivity contribution in [1.82, 2.24) is 30.1 Å². The molecule has 2 heterocycles. The third-order valence-electron chi connectivity index (χ3n) is 3.50. The maximum Gasteiger partial charge on any atom is 0.0964 e. The Bertz CT molecular complexity index is 342. The molecule has 6 nitrogen and oxygen atoms in total. The van der Waals surface area contributed by atoms with Gasteiger partial charge in [-0.3, -0.25) is 9.58 Å². The minimum Gasteiger partial charge on any atom is -0.314 e. The molecular weight excluding hydrogens is 228 g/mol. The van der Waals surface area contributed by atoms with Crippen LogP contribution in [-0.4, -0.2) is 71.1 Å². The van der Waals surface area contributed by atoms with Crippen molar-refractivity contribution in [2.45, 2.75) is 20.0 Å². The second kappa shape index (κ2) is 6.82. The Kier molecular flexibility index (Phi) is 5.10. The van der Waals surface area contributed by atoms with Crippen molar-refractivity contribution in [2.75, 3.05) is 46.3 Å². The zero-order chi connectivity index (χ0) is 12.8. The number of piperazine rings is 1. The first kappa shape index (κ1) is 13.5. The molecule has 1 aromatic rings. The van der Waals surface area contributed by atoms with Crippen LogP contribution < -0.4 is 5.32 Å². The fourth-order valence-corrected chi connectivity index (χ4v) is 2.28. The van der Waals surface area contributed by atoms with Crippen LogP contribution in [0.3, 0.4) is 0 Å². The second-order valence-electron chi connectivity index (χ2n) is 4.78. The van der Waals surface area contributed by atoms with Crippen LogP contribution in [0, 0.1) is 0 Å². The molecule has 1 saturated heterocycles. The van der Waals surface area contributed by atoms with Crippen molar-refractivity contribution < 1.29 is 0 Å². The molecule has 102 valence electrons. The van der Waals surface area contributed by atoms with Crippen LogP contribution in [0.25, 0.3) is 0 Å². The van der Waals surface area contributed by atoms with Gasteiger partial charge in [0.1, 0.15) is 0 Å². The summed E-state index contributed by atoms with van der Waals surface area (Å²) >= 11 is 0. The molecule has 0 saturated carbocycles. The molecule has 0 atom stereocenters. The van der Waals surface area contributed by atoms with E-state index >= 15 is 0 Å².